The molecule has 0 unspecified atom stereocenters. The van der Waals surface area contributed by atoms with E-state index >= 15 is 0 Å². The number of pyridine rings is 1. The van der Waals surface area contributed by atoms with Crippen molar-refractivity contribution in [2.75, 3.05) is 18.4 Å². The second-order valence-corrected chi connectivity index (χ2v) is 9.19. The van der Waals surface area contributed by atoms with Crippen LogP contribution in [-0.4, -0.2) is 47.9 Å². The van der Waals surface area contributed by atoms with Gasteiger partial charge in [-0.15, -0.1) is 0 Å². The number of nitrogens with zero attached hydrogens (tertiary/aromatic N) is 2. The summed E-state index contributed by atoms with van der Waals surface area (Å²) in [5.41, 5.74) is 4.68. The molecule has 0 saturated heterocycles. The van der Waals surface area contributed by atoms with Gasteiger partial charge in [-0.2, -0.15) is 0 Å². The largest absolute Gasteiger partial charge is 0.483 e. The monoisotopic (exact) mass is 454 g/mol. The van der Waals surface area contributed by atoms with Crippen molar-refractivity contribution in [3.8, 4) is 0 Å². The summed E-state index contributed by atoms with van der Waals surface area (Å²) in [5, 5.41) is 12.9. The van der Waals surface area contributed by atoms with Crippen molar-refractivity contribution >= 4 is 44.7 Å². The van der Waals surface area contributed by atoms with Crippen molar-refractivity contribution < 1.29 is 23.1 Å². The Bertz CT molecular complexity index is 1330. The number of carboxylic acid groups (broad SMARTS) is 1. The van der Waals surface area contributed by atoms with Crippen molar-refractivity contribution in [3.63, 3.8) is 0 Å². The van der Waals surface area contributed by atoms with Crippen LogP contribution in [0, 0.1) is 0 Å². The first kappa shape index (κ1) is 21.7. The zero-order valence-corrected chi connectivity index (χ0v) is 17.9. The summed E-state index contributed by atoms with van der Waals surface area (Å²) in [5.74, 6) is -0.0946. The van der Waals surface area contributed by atoms with Gasteiger partial charge in [0, 0.05) is 36.6 Å². The lowest BCUT2D eigenvalue weighted by atomic mass is 10.0. The molecule has 3 aromatic rings. The molecule has 2 aliphatic heterocycles. The number of hydrogen-bond acceptors (Lipinski definition) is 6. The van der Waals surface area contributed by atoms with Gasteiger partial charge in [-0.05, 0) is 54.8 Å². The van der Waals surface area contributed by atoms with Gasteiger partial charge < -0.3 is 15.7 Å². The standard InChI is InChI=1S/C21H20N4O3S.CH2O2/c26-20-6-4-15-3-5-16(12-18(15)24-20)29(27,28)25-13-17(14-7-10-22-11-8-14)21-19(25)2-1-9-23-21;2-1-3/h1-3,5,7,9,12-13,22H,4,6,8,10-11H2,(H,24,26);1H,(H,2,3). The zero-order valence-electron chi connectivity index (χ0n) is 17.1. The average Bonchev–Trinajstić information content (AvgIpc) is 3.20. The molecule has 0 saturated carbocycles. The second kappa shape index (κ2) is 8.93. The fourth-order valence-electron chi connectivity index (χ4n) is 3.96. The van der Waals surface area contributed by atoms with Gasteiger partial charge in [-0.3, -0.25) is 14.6 Å². The highest BCUT2D eigenvalue weighted by Crippen LogP contribution is 2.32. The molecule has 1 amide bonds. The molecule has 0 spiro atoms. The molecule has 166 valence electrons. The van der Waals surface area contributed by atoms with E-state index in [1.54, 1.807) is 42.7 Å². The van der Waals surface area contributed by atoms with Gasteiger partial charge >= 0.3 is 0 Å². The third kappa shape index (κ3) is 4.02. The van der Waals surface area contributed by atoms with Gasteiger partial charge in [0.2, 0.25) is 5.91 Å². The van der Waals surface area contributed by atoms with E-state index in [1.807, 2.05) is 0 Å². The molecule has 1 aromatic carbocycles. The van der Waals surface area contributed by atoms with Crippen LogP contribution >= 0.6 is 0 Å². The number of benzene rings is 1. The molecule has 9 nitrogen and oxygen atoms in total. The summed E-state index contributed by atoms with van der Waals surface area (Å²) < 4.78 is 28.3. The number of carbonyl (C=O) groups excluding carboxylic acids is 1. The van der Waals surface area contributed by atoms with Crippen molar-refractivity contribution in [2.45, 2.75) is 24.2 Å². The van der Waals surface area contributed by atoms with Crippen molar-refractivity contribution in [2.24, 2.45) is 0 Å². The maximum atomic E-state index is 13.5. The Morgan fingerprint density at radius 2 is 1.97 bits per heavy atom. The quantitative estimate of drug-likeness (QED) is 0.517. The Kier molecular flexibility index (Phi) is 6.06. The van der Waals surface area contributed by atoms with Crippen LogP contribution in [0.4, 0.5) is 5.69 Å². The molecule has 0 aliphatic carbocycles. The molecule has 4 heterocycles. The number of aryl methyl sites for hydroxylation is 1. The Morgan fingerprint density at radius 3 is 2.72 bits per heavy atom. The van der Waals surface area contributed by atoms with E-state index in [4.69, 9.17) is 9.90 Å². The van der Waals surface area contributed by atoms with Gasteiger partial charge in [-0.1, -0.05) is 12.1 Å². The van der Waals surface area contributed by atoms with Crippen molar-refractivity contribution in [3.05, 3.63) is 59.9 Å². The van der Waals surface area contributed by atoms with E-state index < -0.39 is 10.0 Å². The molecular weight excluding hydrogens is 432 g/mol. The summed E-state index contributed by atoms with van der Waals surface area (Å²) in [6.07, 6.45) is 7.28. The zero-order chi connectivity index (χ0) is 22.7. The minimum absolute atomic E-state index is 0.0946. The Hall–Kier alpha value is -3.50. The third-order valence-corrected chi connectivity index (χ3v) is 7.14. The van der Waals surface area contributed by atoms with Gasteiger partial charge in [0.25, 0.3) is 16.5 Å². The Morgan fingerprint density at radius 1 is 1.16 bits per heavy atom. The van der Waals surface area contributed by atoms with Gasteiger partial charge in [0.15, 0.2) is 0 Å². The maximum Gasteiger partial charge on any atom is 0.290 e. The van der Waals surface area contributed by atoms with Crippen LogP contribution in [0.5, 0.6) is 0 Å². The van der Waals surface area contributed by atoms with Crippen LogP contribution < -0.4 is 10.6 Å². The van der Waals surface area contributed by atoms with Crippen LogP contribution in [0.15, 0.2) is 53.7 Å². The van der Waals surface area contributed by atoms with Crippen molar-refractivity contribution in [1.29, 1.82) is 0 Å². The molecule has 0 atom stereocenters. The number of anilines is 1. The SMILES string of the molecule is O=C1CCc2ccc(S(=O)(=O)n3cc(C4=CCNCC4)c4ncccc43)cc2N1.O=CO. The minimum Gasteiger partial charge on any atom is -0.483 e. The fraction of sp³-hybridized carbons (Fsp3) is 0.227. The topological polar surface area (TPSA) is 130 Å². The van der Waals surface area contributed by atoms with Crippen LogP contribution in [0.1, 0.15) is 24.0 Å². The van der Waals surface area contributed by atoms with Gasteiger partial charge in [0.05, 0.1) is 15.9 Å². The molecule has 0 bridgehead atoms. The number of aromatic nitrogens is 2. The first-order chi connectivity index (χ1) is 15.5. The van der Waals surface area contributed by atoms with Crippen molar-refractivity contribution in [1.82, 2.24) is 14.3 Å². The molecule has 2 aliphatic rings. The predicted molar refractivity (Wildman–Crippen MR) is 120 cm³/mol. The summed E-state index contributed by atoms with van der Waals surface area (Å²) in [7, 11) is -3.85. The van der Waals surface area contributed by atoms with E-state index in [2.05, 4.69) is 21.7 Å². The summed E-state index contributed by atoms with van der Waals surface area (Å²) in [4.78, 5) is 24.7. The number of amides is 1. The molecular formula is C22H22N4O5S. The molecule has 2 aromatic heterocycles. The Balaban J connectivity index is 0.000000775. The lowest BCUT2D eigenvalue weighted by Crippen LogP contribution is -2.20. The highest BCUT2D eigenvalue weighted by Gasteiger charge is 2.25. The molecule has 0 radical (unpaired) electrons. The van der Waals surface area contributed by atoms with Gasteiger partial charge in [-0.25, -0.2) is 12.4 Å². The van der Waals surface area contributed by atoms with Crippen LogP contribution in [0.2, 0.25) is 0 Å². The maximum absolute atomic E-state index is 13.5. The van der Waals surface area contributed by atoms with E-state index in [1.165, 1.54) is 3.97 Å². The van der Waals surface area contributed by atoms with E-state index in [0.29, 0.717) is 29.6 Å². The summed E-state index contributed by atoms with van der Waals surface area (Å²) in [6.45, 7) is 1.36. The lowest BCUT2D eigenvalue weighted by molar-refractivity contribution is -0.123. The lowest BCUT2D eigenvalue weighted by Gasteiger charge is -2.18. The Labute approximate surface area is 184 Å². The number of fused-ring (bicyclic) bond motifs is 2. The normalized spacial score (nSPS) is 15.8. The van der Waals surface area contributed by atoms with Crippen LogP contribution in [0.25, 0.3) is 16.6 Å². The van der Waals surface area contributed by atoms with Crippen LogP contribution in [-0.2, 0) is 26.0 Å². The molecule has 3 N–H and O–H groups in total. The molecule has 32 heavy (non-hydrogen) atoms. The third-order valence-electron chi connectivity index (χ3n) is 5.47. The number of nitrogens with one attached hydrogen (secondary N) is 2. The minimum atomic E-state index is -3.85. The first-order valence-corrected chi connectivity index (χ1v) is 11.5. The first-order valence-electron chi connectivity index (χ1n) is 10.1. The highest BCUT2D eigenvalue weighted by molar-refractivity contribution is 7.90. The number of carbonyl (C=O) groups is 2. The average molecular weight is 455 g/mol. The van der Waals surface area contributed by atoms with Gasteiger partial charge in [0.1, 0.15) is 0 Å². The molecule has 5 rings (SSSR count). The molecule has 0 fully saturated rings. The molecule has 10 heteroatoms. The fourth-order valence-corrected chi connectivity index (χ4v) is 5.34. The predicted octanol–water partition coefficient (Wildman–Crippen LogP) is 2.24. The summed E-state index contributed by atoms with van der Waals surface area (Å²) >= 11 is 0. The second-order valence-electron chi connectivity index (χ2n) is 7.37. The van der Waals surface area contributed by atoms with E-state index in [9.17, 15) is 13.2 Å². The smallest absolute Gasteiger partial charge is 0.290 e. The number of rotatable bonds is 3. The van der Waals surface area contributed by atoms with Crippen LogP contribution in [0.3, 0.4) is 0 Å². The number of hydrogen-bond donors (Lipinski definition) is 3. The highest BCUT2D eigenvalue weighted by atomic mass is 32.2. The van der Waals surface area contributed by atoms with E-state index in [-0.39, 0.29) is 17.3 Å². The van der Waals surface area contributed by atoms with E-state index in [0.717, 1.165) is 36.2 Å². The summed E-state index contributed by atoms with van der Waals surface area (Å²) in [6, 6.07) is 8.44.